The van der Waals surface area contributed by atoms with Gasteiger partial charge in [-0.15, -0.1) is 11.6 Å². The van der Waals surface area contributed by atoms with E-state index >= 15 is 0 Å². The van der Waals surface area contributed by atoms with E-state index in [4.69, 9.17) is 69.7 Å². The van der Waals surface area contributed by atoms with Gasteiger partial charge in [0.25, 0.3) is 42.1 Å². The molecule has 4 aliphatic rings. The van der Waals surface area contributed by atoms with Gasteiger partial charge in [-0.25, -0.2) is 82.7 Å². The number of quaternary nitrogens is 2. The summed E-state index contributed by atoms with van der Waals surface area (Å²) in [6.45, 7) is 24.8. The quantitative estimate of drug-likeness (QED) is 0.0166. The molecule has 2 amide bonds. The Hall–Kier alpha value is -4.60. The van der Waals surface area contributed by atoms with Crippen molar-refractivity contribution >= 4 is 127 Å². The van der Waals surface area contributed by atoms with Crippen LogP contribution in [0.2, 0.25) is 0 Å². The number of nitrogens with two attached hydrogens (primary N) is 4. The van der Waals surface area contributed by atoms with Gasteiger partial charge in [-0.1, -0.05) is 52.7 Å². The first-order valence-electron chi connectivity index (χ1n) is 28.8. The molecule has 0 aliphatic carbocycles. The Morgan fingerprint density at radius 3 is 1.28 bits per heavy atom. The van der Waals surface area contributed by atoms with Crippen molar-refractivity contribution < 1.29 is 88.1 Å². The summed E-state index contributed by atoms with van der Waals surface area (Å²) in [5.41, 5.74) is -7.31. The third-order valence-corrected chi connectivity index (χ3v) is 22.1. The van der Waals surface area contributed by atoms with Crippen LogP contribution in [0.1, 0.15) is 170 Å². The second-order valence-electron chi connectivity index (χ2n) is 23.9. The summed E-state index contributed by atoms with van der Waals surface area (Å²) in [5, 5.41) is 21.3. The number of hydrogen-bond donors (Lipinski definition) is 5. The minimum absolute atomic E-state index is 0. The molecule has 23 nitrogen and oxygen atoms in total. The second-order valence-corrected chi connectivity index (χ2v) is 31.9. The highest BCUT2D eigenvalue weighted by Crippen LogP contribution is 2.49. The van der Waals surface area contributed by atoms with Crippen molar-refractivity contribution in [3.63, 3.8) is 0 Å². The fourth-order valence-electron chi connectivity index (χ4n) is 11.6. The molecular formula is C57H90ClF6N11O12S6+2. The Morgan fingerprint density at radius 2 is 0.978 bits per heavy atom. The number of alkyl halides is 7. The molecule has 4 fully saturated rings. The van der Waals surface area contributed by atoms with Gasteiger partial charge in [0, 0.05) is 70.9 Å². The van der Waals surface area contributed by atoms with Crippen LogP contribution < -0.4 is 35.7 Å². The van der Waals surface area contributed by atoms with Crippen molar-refractivity contribution in [3.8, 4) is 0 Å². The van der Waals surface area contributed by atoms with Crippen LogP contribution in [0.5, 0.6) is 0 Å². The Kier molecular flexibility index (Phi) is 31.6. The van der Waals surface area contributed by atoms with E-state index < -0.39 is 123 Å². The first-order valence-corrected chi connectivity index (χ1v) is 36.8. The van der Waals surface area contributed by atoms with Gasteiger partial charge in [0.2, 0.25) is 30.8 Å². The molecule has 2 spiro atoms. The number of benzene rings is 2. The van der Waals surface area contributed by atoms with Crippen LogP contribution in [0.25, 0.3) is 9.69 Å². The predicted molar refractivity (Wildman–Crippen MR) is 356 cm³/mol. The van der Waals surface area contributed by atoms with Crippen molar-refractivity contribution in [1.29, 1.82) is 0 Å². The largest absolute Gasteiger partial charge is 0.468 e. The van der Waals surface area contributed by atoms with Crippen molar-refractivity contribution in [2.24, 2.45) is 20.6 Å². The molecule has 36 heteroatoms. The minimum atomic E-state index is -4.81. The molecular weight excluding hydrogens is 1370 g/mol. The number of carbonyl (C=O) groups excluding carboxylic acids is 3. The standard InChI is InChI=1S/2C19H22F3N4O3S2.C11H24N2O4S.C6H14ClNO2S.2CH4/c2*1-18(2)16(27)25(12-8-9-14(24-3)13(11-12)19(20,21)22)17(30)26(18)10-6-4-5-7-15(26)31(23,28)29;1-11(2,10(14)17-3)13-8-6-4-5-7-9-18(12,15)16;7-5-3-1-2-4-6-11(8,9)10;;/h2*8-9,11,15H,4-7,10H2,1-2H3,(H2,23,28,29);13H,4-9H2,1-3H3,(H2,12,15,16);1-6H2,(H2,8,9,10);2*1H4/q2*+1;;;;. The number of hydrogen-bond acceptors (Lipinski definition) is 15. The van der Waals surface area contributed by atoms with E-state index in [1.165, 1.54) is 19.2 Å². The fraction of sp³-hybridized carbons (Fsp3) is 0.667. The van der Waals surface area contributed by atoms with Crippen LogP contribution in [0.15, 0.2) is 36.4 Å². The maximum Gasteiger partial charge on any atom is 0.407 e. The van der Waals surface area contributed by atoms with Crippen molar-refractivity contribution in [2.75, 3.05) is 53.9 Å². The third kappa shape index (κ3) is 21.2. The smallest absolute Gasteiger partial charge is 0.407 e. The van der Waals surface area contributed by atoms with E-state index in [9.17, 15) is 74.4 Å². The van der Waals surface area contributed by atoms with E-state index in [0.717, 1.165) is 73.3 Å². The lowest BCUT2D eigenvalue weighted by molar-refractivity contribution is -0.884. The number of primary sulfonamides is 4. The van der Waals surface area contributed by atoms with E-state index in [0.29, 0.717) is 63.1 Å². The Bertz CT molecular complexity index is 3380. The average molecular weight is 1460 g/mol. The molecule has 9 N–H and O–H groups in total. The average Bonchev–Trinajstić information content (AvgIpc) is 1.55. The fourth-order valence-corrected chi connectivity index (χ4v) is 17.3. The maximum absolute atomic E-state index is 13.5. The van der Waals surface area contributed by atoms with Gasteiger partial charge in [0.05, 0.1) is 67.4 Å². The number of halogens is 7. The van der Waals surface area contributed by atoms with Crippen LogP contribution in [0.4, 0.5) is 49.1 Å². The number of esters is 1. The highest BCUT2D eigenvalue weighted by atomic mass is 35.5. The van der Waals surface area contributed by atoms with Gasteiger partial charge in [-0.05, 0) is 109 Å². The number of anilines is 2. The summed E-state index contributed by atoms with van der Waals surface area (Å²) in [5.74, 6) is -0.746. The molecule has 2 aromatic rings. The number of unbranched alkanes of at least 4 members (excludes halogenated alkanes) is 6. The SMILES string of the molecule is C.C.COC(=O)C(C)(C)NCCCCCCS(N)(=O)=O.NS(=O)(=O)CCCCCCCl.[C-]#[N+]c1ccc(N2C(=O)C(C)(C)[N+]3(CCCCCC3S(N)(=O)=O)C2=S)cc1C(F)(F)F.[C-]#[N+]c1ccc(N2C(=O)C(C)(C)[N+]3(CCCCCC3S(N)(=O)=O)C2=S)cc1C(F)(F)F. The summed E-state index contributed by atoms with van der Waals surface area (Å²) in [7, 11) is -13.5. The number of methoxy groups -OCH3 is 1. The molecule has 6 rings (SSSR count). The lowest BCUT2D eigenvalue weighted by Gasteiger charge is -2.45. The lowest BCUT2D eigenvalue weighted by Crippen LogP contribution is -2.69. The topological polar surface area (TPSA) is 328 Å². The molecule has 0 aromatic heterocycles. The van der Waals surface area contributed by atoms with Gasteiger partial charge in [0.15, 0.2) is 22.5 Å². The number of ether oxygens (including phenoxy) is 1. The van der Waals surface area contributed by atoms with E-state index in [1.54, 1.807) is 41.5 Å². The molecule has 4 unspecified atom stereocenters. The van der Waals surface area contributed by atoms with Gasteiger partial charge >= 0.3 is 18.3 Å². The van der Waals surface area contributed by atoms with Crippen LogP contribution in [-0.2, 0) is 71.6 Å². The monoisotopic (exact) mass is 1460 g/mol. The van der Waals surface area contributed by atoms with E-state index in [1.807, 2.05) is 0 Å². The summed E-state index contributed by atoms with van der Waals surface area (Å²) >= 11 is 16.6. The van der Waals surface area contributed by atoms with Crippen molar-refractivity contribution in [1.82, 2.24) is 5.32 Å². The molecule has 4 heterocycles. The molecule has 0 saturated carbocycles. The first kappa shape index (κ1) is 86.4. The molecule has 0 bridgehead atoms. The van der Waals surface area contributed by atoms with Crippen molar-refractivity contribution in [3.05, 3.63) is 70.4 Å². The zero-order valence-corrected chi connectivity index (χ0v) is 57.3. The molecule has 2 aromatic carbocycles. The highest BCUT2D eigenvalue weighted by molar-refractivity contribution is 7.90. The highest BCUT2D eigenvalue weighted by Gasteiger charge is 2.70. The third-order valence-electron chi connectivity index (χ3n) is 16.4. The zero-order chi connectivity index (χ0) is 69.8. The van der Waals surface area contributed by atoms with Crippen LogP contribution in [0, 0.1) is 13.1 Å². The molecule has 528 valence electrons. The number of thiocarbonyl (C=S) groups is 2. The maximum atomic E-state index is 13.5. The normalized spacial score (nSPS) is 21.6. The van der Waals surface area contributed by atoms with Gasteiger partial charge in [0.1, 0.15) is 5.54 Å². The molecule has 93 heavy (non-hydrogen) atoms. The minimum Gasteiger partial charge on any atom is -0.468 e. The first-order chi connectivity index (χ1) is 41.6. The number of nitrogens with zero attached hydrogens (tertiary/aromatic N) is 6. The molecule has 0 radical (unpaired) electrons. The second kappa shape index (κ2) is 34.1. The zero-order valence-electron chi connectivity index (χ0n) is 51.7. The van der Waals surface area contributed by atoms with E-state index in [-0.39, 0.29) is 79.9 Å². The van der Waals surface area contributed by atoms with Crippen molar-refractivity contribution in [2.45, 2.75) is 199 Å². The van der Waals surface area contributed by atoms with Crippen LogP contribution >= 0.6 is 36.0 Å². The molecule has 4 atom stereocenters. The Balaban J connectivity index is 0.000000657. The summed E-state index contributed by atoms with van der Waals surface area (Å²) < 4.78 is 177. The Morgan fingerprint density at radius 1 is 0.634 bits per heavy atom. The predicted octanol–water partition coefficient (Wildman–Crippen LogP) is 10.1. The van der Waals surface area contributed by atoms with Crippen LogP contribution in [-0.4, -0.2) is 142 Å². The van der Waals surface area contributed by atoms with Gasteiger partial charge in [-0.2, -0.15) is 26.3 Å². The number of carbonyl (C=O) groups is 3. The lowest BCUT2D eigenvalue weighted by atomic mass is 9.99. The summed E-state index contributed by atoms with van der Waals surface area (Å²) in [4.78, 5) is 46.0. The summed E-state index contributed by atoms with van der Waals surface area (Å²) in [6, 6.07) is 5.81. The number of rotatable bonds is 19. The molecule has 4 aliphatic heterocycles. The Labute approximate surface area is 560 Å². The van der Waals surface area contributed by atoms with E-state index in [2.05, 4.69) is 19.7 Å². The number of sulfonamides is 4. The molecule has 4 saturated heterocycles. The van der Waals surface area contributed by atoms with Gasteiger partial charge < -0.3 is 10.1 Å². The van der Waals surface area contributed by atoms with Gasteiger partial charge in [-0.3, -0.25) is 14.4 Å². The van der Waals surface area contributed by atoms with Crippen LogP contribution in [0.3, 0.4) is 0 Å². The number of nitrogens with one attached hydrogen (secondary N) is 1. The number of amides is 2. The summed E-state index contributed by atoms with van der Waals surface area (Å²) in [6.07, 6.45) is 1.17.